The molecule has 1 atom stereocenters. The summed E-state index contributed by atoms with van der Waals surface area (Å²) in [6, 6.07) is 21.9. The van der Waals surface area contributed by atoms with Gasteiger partial charge in [-0.25, -0.2) is 0 Å². The van der Waals surface area contributed by atoms with Crippen LogP contribution in [-0.4, -0.2) is 41.0 Å². The Morgan fingerprint density at radius 3 is 2.61 bits per heavy atom. The molecule has 0 spiro atoms. The number of aliphatic hydroxyl groups excluding tert-OH is 1. The smallest absolute Gasteiger partial charge is 0.303 e. The molecule has 3 rings (SSSR count). The maximum Gasteiger partial charge on any atom is 0.303 e. The van der Waals surface area contributed by atoms with Crippen molar-refractivity contribution in [3.8, 4) is 11.8 Å². The normalized spacial score (nSPS) is 12.3. The summed E-state index contributed by atoms with van der Waals surface area (Å²) in [6.07, 6.45) is 0.227. The zero-order valence-electron chi connectivity index (χ0n) is 19.0. The molecule has 0 heterocycles. The number of nitrogens with zero attached hydrogens (tertiary/aromatic N) is 1. The van der Waals surface area contributed by atoms with Crippen molar-refractivity contribution in [1.29, 1.82) is 5.26 Å². The van der Waals surface area contributed by atoms with Gasteiger partial charge in [0.1, 0.15) is 24.5 Å². The van der Waals surface area contributed by atoms with E-state index in [9.17, 15) is 15.2 Å². The molecule has 33 heavy (non-hydrogen) atoms. The summed E-state index contributed by atoms with van der Waals surface area (Å²) in [5.74, 6) is -0.562. The molecule has 0 radical (unpaired) electrons. The predicted octanol–water partition coefficient (Wildman–Crippen LogP) is 4.08. The molecular weight excluding hydrogens is 416 g/mol. The van der Waals surface area contributed by atoms with Gasteiger partial charge in [-0.3, -0.25) is 4.79 Å². The van der Waals surface area contributed by atoms with Gasteiger partial charge in [0.25, 0.3) is 0 Å². The molecule has 0 aliphatic heterocycles. The van der Waals surface area contributed by atoms with E-state index in [0.29, 0.717) is 23.4 Å². The third kappa shape index (κ3) is 7.04. The van der Waals surface area contributed by atoms with E-state index in [1.54, 1.807) is 18.2 Å². The van der Waals surface area contributed by atoms with Gasteiger partial charge >= 0.3 is 5.97 Å². The lowest BCUT2D eigenvalue weighted by Gasteiger charge is -2.28. The number of carbonyl (C=O) groups is 1. The Bertz CT molecular complexity index is 1150. The highest BCUT2D eigenvalue weighted by Crippen LogP contribution is 2.23. The van der Waals surface area contributed by atoms with Crippen LogP contribution in [0.25, 0.3) is 10.8 Å². The van der Waals surface area contributed by atoms with Gasteiger partial charge in [-0.2, -0.15) is 5.26 Å². The number of ether oxygens (including phenoxy) is 1. The maximum atomic E-state index is 10.8. The number of hydrogen-bond acceptors (Lipinski definition) is 5. The Morgan fingerprint density at radius 2 is 1.88 bits per heavy atom. The molecule has 3 aromatic carbocycles. The van der Waals surface area contributed by atoms with E-state index in [4.69, 9.17) is 9.84 Å². The fraction of sp³-hybridized carbons (Fsp3) is 0.333. The molecule has 0 saturated carbocycles. The first-order valence-corrected chi connectivity index (χ1v) is 11.0. The third-order valence-corrected chi connectivity index (χ3v) is 5.54. The van der Waals surface area contributed by atoms with Gasteiger partial charge in [0.15, 0.2) is 0 Å². The van der Waals surface area contributed by atoms with E-state index in [1.807, 2.05) is 12.1 Å². The molecule has 0 aliphatic carbocycles. The van der Waals surface area contributed by atoms with Crippen molar-refractivity contribution in [3.05, 3.63) is 77.4 Å². The number of benzene rings is 3. The zero-order chi connectivity index (χ0) is 23.8. The van der Waals surface area contributed by atoms with Crippen LogP contribution >= 0.6 is 0 Å². The van der Waals surface area contributed by atoms with Gasteiger partial charge in [-0.05, 0) is 54.7 Å². The van der Waals surface area contributed by atoms with Crippen LogP contribution < -0.4 is 10.1 Å². The molecular formula is C27H30N2O4. The second-order valence-corrected chi connectivity index (χ2v) is 8.88. The summed E-state index contributed by atoms with van der Waals surface area (Å²) in [5, 5.41) is 34.7. The van der Waals surface area contributed by atoms with E-state index >= 15 is 0 Å². The van der Waals surface area contributed by atoms with Gasteiger partial charge in [-0.15, -0.1) is 0 Å². The average Bonchev–Trinajstić information content (AvgIpc) is 2.79. The van der Waals surface area contributed by atoms with Crippen LogP contribution in [0.5, 0.6) is 5.75 Å². The molecule has 0 fully saturated rings. The van der Waals surface area contributed by atoms with E-state index in [0.717, 1.165) is 6.42 Å². The summed E-state index contributed by atoms with van der Waals surface area (Å²) in [6.45, 7) is 4.54. The second kappa shape index (κ2) is 11.0. The predicted molar refractivity (Wildman–Crippen MR) is 128 cm³/mol. The minimum Gasteiger partial charge on any atom is -0.489 e. The molecule has 0 bridgehead atoms. The van der Waals surface area contributed by atoms with Crippen molar-refractivity contribution < 1.29 is 19.7 Å². The van der Waals surface area contributed by atoms with Crippen LogP contribution in [0.15, 0.2) is 60.7 Å². The lowest BCUT2D eigenvalue weighted by molar-refractivity contribution is -0.136. The minimum absolute atomic E-state index is 0.0239. The number of fused-ring (bicyclic) bond motifs is 1. The van der Waals surface area contributed by atoms with Gasteiger partial charge in [0.2, 0.25) is 0 Å². The van der Waals surface area contributed by atoms with Crippen LogP contribution in [0, 0.1) is 11.3 Å². The molecule has 0 amide bonds. The molecule has 6 heteroatoms. The van der Waals surface area contributed by atoms with Crippen molar-refractivity contribution in [2.75, 3.05) is 13.2 Å². The molecule has 3 aromatic rings. The number of nitrogens with one attached hydrogen (secondary N) is 1. The monoisotopic (exact) mass is 446 g/mol. The molecule has 172 valence electrons. The molecule has 0 saturated heterocycles. The molecule has 3 N–H and O–H groups in total. The summed E-state index contributed by atoms with van der Waals surface area (Å²) in [7, 11) is 0. The summed E-state index contributed by atoms with van der Waals surface area (Å²) in [5.41, 5.74) is 1.92. The first-order valence-electron chi connectivity index (χ1n) is 11.0. The van der Waals surface area contributed by atoms with Gasteiger partial charge in [-0.1, -0.05) is 54.6 Å². The average molecular weight is 447 g/mol. The third-order valence-electron chi connectivity index (χ3n) is 5.54. The van der Waals surface area contributed by atoms with Crippen molar-refractivity contribution in [1.82, 2.24) is 5.32 Å². The lowest BCUT2D eigenvalue weighted by Crippen LogP contribution is -2.46. The maximum absolute atomic E-state index is 10.8. The Kier molecular flexibility index (Phi) is 8.05. The summed E-state index contributed by atoms with van der Waals surface area (Å²) < 4.78 is 5.71. The highest BCUT2D eigenvalue weighted by Gasteiger charge is 2.20. The van der Waals surface area contributed by atoms with Gasteiger partial charge < -0.3 is 20.3 Å². The topological polar surface area (TPSA) is 103 Å². The first-order chi connectivity index (χ1) is 15.8. The molecule has 0 aromatic heterocycles. The highest BCUT2D eigenvalue weighted by atomic mass is 16.5. The van der Waals surface area contributed by atoms with Gasteiger partial charge in [0, 0.05) is 18.5 Å². The van der Waals surface area contributed by atoms with E-state index in [1.165, 1.54) is 16.3 Å². The van der Waals surface area contributed by atoms with Crippen LogP contribution in [0.1, 0.15) is 37.0 Å². The summed E-state index contributed by atoms with van der Waals surface area (Å²) >= 11 is 0. The Labute approximate surface area is 194 Å². The van der Waals surface area contributed by atoms with Crippen molar-refractivity contribution in [3.63, 3.8) is 0 Å². The lowest BCUT2D eigenvalue weighted by atomic mass is 9.93. The van der Waals surface area contributed by atoms with Crippen LogP contribution in [0.4, 0.5) is 0 Å². The number of nitriles is 1. The number of hydrogen-bond donors (Lipinski definition) is 3. The Hall–Kier alpha value is -3.40. The fourth-order valence-electron chi connectivity index (χ4n) is 3.83. The van der Waals surface area contributed by atoms with E-state index in [2.05, 4.69) is 55.6 Å². The van der Waals surface area contributed by atoms with Crippen molar-refractivity contribution in [2.45, 2.75) is 44.8 Å². The number of aliphatic hydroxyl groups is 1. The number of aliphatic carboxylic acids is 1. The summed E-state index contributed by atoms with van der Waals surface area (Å²) in [4.78, 5) is 10.8. The minimum atomic E-state index is -0.919. The number of β-amino-alcohol motifs (C(OH)–C–C–N with tert-alkyl or cyclic N) is 1. The Balaban J connectivity index is 1.54. The molecule has 1 unspecified atom stereocenters. The first kappa shape index (κ1) is 24.2. The quantitative estimate of drug-likeness (QED) is 0.410. The fourth-order valence-corrected chi connectivity index (χ4v) is 3.83. The van der Waals surface area contributed by atoms with Crippen molar-refractivity contribution in [2.24, 2.45) is 0 Å². The van der Waals surface area contributed by atoms with Crippen LogP contribution in [0.3, 0.4) is 0 Å². The van der Waals surface area contributed by atoms with Crippen LogP contribution in [0.2, 0.25) is 0 Å². The largest absolute Gasteiger partial charge is 0.489 e. The standard InChI is InChI=1S/C27H30N2O4/c1-27(2,15-19-10-11-20-6-3-4-7-22(20)14-19)29-17-23(30)18-33-25-9-5-8-21(24(25)16-28)12-13-26(31)32/h3-11,14,23,29-30H,12-13,15,17-18H2,1-2H3,(H,31,32). The Morgan fingerprint density at radius 1 is 1.12 bits per heavy atom. The van der Waals surface area contributed by atoms with Crippen LogP contribution in [-0.2, 0) is 17.6 Å². The van der Waals surface area contributed by atoms with Gasteiger partial charge in [0.05, 0.1) is 5.56 Å². The number of rotatable bonds is 11. The number of carboxylic acids is 1. The zero-order valence-corrected chi connectivity index (χ0v) is 19.0. The SMILES string of the molecule is CC(C)(Cc1ccc2ccccc2c1)NCC(O)COc1cccc(CCC(=O)O)c1C#N. The number of carboxylic acid groups (broad SMARTS) is 1. The molecule has 0 aliphatic rings. The number of aryl methyl sites for hydroxylation is 1. The second-order valence-electron chi connectivity index (χ2n) is 8.88. The highest BCUT2D eigenvalue weighted by molar-refractivity contribution is 5.83. The van der Waals surface area contributed by atoms with E-state index in [-0.39, 0.29) is 25.0 Å². The van der Waals surface area contributed by atoms with E-state index < -0.39 is 12.1 Å². The molecule has 6 nitrogen and oxygen atoms in total. The van der Waals surface area contributed by atoms with Crippen molar-refractivity contribution >= 4 is 16.7 Å².